The number of ether oxygens (including phenoxy) is 1. The number of rotatable bonds is 6. The van der Waals surface area contributed by atoms with Crippen molar-refractivity contribution in [3.63, 3.8) is 0 Å². The van der Waals surface area contributed by atoms with Crippen LogP contribution in [0.25, 0.3) is 0 Å². The molecule has 1 heterocycles. The Balaban J connectivity index is 1.77. The predicted octanol–water partition coefficient (Wildman–Crippen LogP) is 5.29. The third kappa shape index (κ3) is 4.95. The third-order valence-corrected chi connectivity index (χ3v) is 5.46. The normalized spacial score (nSPS) is 17.0. The van der Waals surface area contributed by atoms with Crippen LogP contribution in [0.4, 0.5) is 4.79 Å². The first-order valence-corrected chi connectivity index (χ1v) is 9.92. The zero-order chi connectivity index (χ0) is 19.4. The smallest absolute Gasteiger partial charge is 0.317 e. The van der Waals surface area contributed by atoms with Crippen LogP contribution in [0, 0.1) is 0 Å². The van der Waals surface area contributed by atoms with Crippen LogP contribution in [-0.4, -0.2) is 36.2 Å². The van der Waals surface area contributed by atoms with Crippen LogP contribution in [0.5, 0.6) is 0 Å². The van der Waals surface area contributed by atoms with Crippen molar-refractivity contribution in [3.05, 3.63) is 69.7 Å². The Bertz CT molecular complexity index is 781. The highest BCUT2D eigenvalue weighted by molar-refractivity contribution is 6.35. The number of amides is 2. The Morgan fingerprint density at radius 1 is 1.11 bits per heavy atom. The molecule has 2 aromatic carbocycles. The largest absolute Gasteiger partial charge is 0.364 e. The highest BCUT2D eigenvalue weighted by Crippen LogP contribution is 2.34. The second-order valence-electron chi connectivity index (χ2n) is 6.88. The van der Waals surface area contributed by atoms with Gasteiger partial charge < -0.3 is 15.0 Å². The van der Waals surface area contributed by atoms with E-state index < -0.39 is 0 Å². The molecule has 27 heavy (non-hydrogen) atoms. The molecule has 144 valence electrons. The van der Waals surface area contributed by atoms with E-state index in [9.17, 15) is 4.79 Å². The Kier molecular flexibility index (Phi) is 6.64. The first-order valence-electron chi connectivity index (χ1n) is 9.16. The van der Waals surface area contributed by atoms with Crippen molar-refractivity contribution in [3.8, 4) is 0 Å². The van der Waals surface area contributed by atoms with Crippen LogP contribution in [-0.2, 0) is 4.74 Å². The van der Waals surface area contributed by atoms with Gasteiger partial charge in [-0.3, -0.25) is 0 Å². The van der Waals surface area contributed by atoms with E-state index in [0.717, 1.165) is 30.6 Å². The van der Waals surface area contributed by atoms with E-state index >= 15 is 0 Å². The number of nitrogens with zero attached hydrogens (tertiary/aromatic N) is 1. The first kappa shape index (κ1) is 20.0. The number of urea groups is 1. The third-order valence-electron chi connectivity index (χ3n) is 4.90. The van der Waals surface area contributed by atoms with Gasteiger partial charge in [0.25, 0.3) is 0 Å². The van der Waals surface area contributed by atoms with Crippen LogP contribution < -0.4 is 5.32 Å². The number of benzene rings is 2. The van der Waals surface area contributed by atoms with E-state index in [0.29, 0.717) is 10.0 Å². The number of hydrogen-bond donors (Lipinski definition) is 1. The highest BCUT2D eigenvalue weighted by atomic mass is 35.5. The second-order valence-corrected chi connectivity index (χ2v) is 7.72. The fourth-order valence-electron chi connectivity index (χ4n) is 2.93. The van der Waals surface area contributed by atoms with Gasteiger partial charge in [-0.2, -0.15) is 0 Å². The van der Waals surface area contributed by atoms with Crippen LogP contribution in [0.2, 0.25) is 10.0 Å². The second kappa shape index (κ2) is 8.96. The molecule has 2 amide bonds. The van der Waals surface area contributed by atoms with Gasteiger partial charge in [-0.25, -0.2) is 4.79 Å². The minimum Gasteiger partial charge on any atom is -0.364 e. The van der Waals surface area contributed by atoms with Gasteiger partial charge in [0.05, 0.1) is 12.1 Å². The van der Waals surface area contributed by atoms with Gasteiger partial charge in [-0.1, -0.05) is 59.6 Å². The summed E-state index contributed by atoms with van der Waals surface area (Å²) >= 11 is 12.5. The Labute approximate surface area is 170 Å². The van der Waals surface area contributed by atoms with Crippen molar-refractivity contribution in [2.24, 2.45) is 0 Å². The molecule has 3 rings (SSSR count). The standard InChI is InChI=1S/C21H24Cl2N2O2/c1-14(24-21(26)25-11-6-12-25)15(2)27-20(16-7-4-3-5-8-16)18-10-9-17(22)13-19(18)23/h3-5,7-10,13-15,20H,6,11-12H2,1-2H3,(H,24,26)/t14-,15?,20?/m0/s1. The number of hydrogen-bond acceptors (Lipinski definition) is 2. The summed E-state index contributed by atoms with van der Waals surface area (Å²) in [6.07, 6.45) is 0.500. The van der Waals surface area contributed by atoms with Crippen molar-refractivity contribution < 1.29 is 9.53 Å². The molecule has 1 aliphatic rings. The van der Waals surface area contributed by atoms with Crippen LogP contribution in [0.1, 0.15) is 37.5 Å². The maximum Gasteiger partial charge on any atom is 0.317 e. The summed E-state index contributed by atoms with van der Waals surface area (Å²) in [4.78, 5) is 14.0. The Morgan fingerprint density at radius 2 is 1.81 bits per heavy atom. The summed E-state index contributed by atoms with van der Waals surface area (Å²) in [6, 6.07) is 15.1. The van der Waals surface area contributed by atoms with Gasteiger partial charge in [0.1, 0.15) is 6.10 Å². The molecule has 1 fully saturated rings. The summed E-state index contributed by atoms with van der Waals surface area (Å²) in [5.41, 5.74) is 1.84. The summed E-state index contributed by atoms with van der Waals surface area (Å²) < 4.78 is 6.38. The van der Waals surface area contributed by atoms with Crippen LogP contribution >= 0.6 is 23.2 Å². The molecule has 2 unspecified atom stereocenters. The van der Waals surface area contributed by atoms with E-state index in [-0.39, 0.29) is 24.3 Å². The molecule has 0 spiro atoms. The lowest BCUT2D eigenvalue weighted by Gasteiger charge is -2.34. The summed E-state index contributed by atoms with van der Waals surface area (Å²) in [5.74, 6) is 0. The fourth-order valence-corrected chi connectivity index (χ4v) is 3.44. The summed E-state index contributed by atoms with van der Waals surface area (Å²) in [5, 5.41) is 4.16. The number of nitrogens with one attached hydrogen (secondary N) is 1. The topological polar surface area (TPSA) is 41.6 Å². The number of halogens is 2. The van der Waals surface area contributed by atoms with E-state index in [2.05, 4.69) is 5.32 Å². The lowest BCUT2D eigenvalue weighted by molar-refractivity contribution is 0.00162. The van der Waals surface area contributed by atoms with Gasteiger partial charge in [-0.15, -0.1) is 0 Å². The zero-order valence-electron chi connectivity index (χ0n) is 15.5. The molecule has 3 atom stereocenters. The van der Waals surface area contributed by atoms with Gasteiger partial charge in [0.15, 0.2) is 0 Å². The van der Waals surface area contributed by atoms with Crippen molar-refractivity contribution in [1.82, 2.24) is 10.2 Å². The molecule has 1 aliphatic heterocycles. The predicted molar refractivity (Wildman–Crippen MR) is 109 cm³/mol. The SMILES string of the molecule is CC(OC(c1ccccc1)c1ccc(Cl)cc1Cl)[C@H](C)NC(=O)N1CCC1. The molecule has 0 aliphatic carbocycles. The van der Waals surface area contributed by atoms with Gasteiger partial charge >= 0.3 is 6.03 Å². The molecule has 1 saturated heterocycles. The van der Waals surface area contributed by atoms with Gasteiger partial charge in [0, 0.05) is 28.7 Å². The Hall–Kier alpha value is -1.75. The fraction of sp³-hybridized carbons (Fsp3) is 0.381. The minimum atomic E-state index is -0.352. The van der Waals surface area contributed by atoms with Crippen molar-refractivity contribution in [2.75, 3.05) is 13.1 Å². The van der Waals surface area contributed by atoms with Crippen LogP contribution in [0.15, 0.2) is 48.5 Å². The molecule has 1 N–H and O–H groups in total. The maximum absolute atomic E-state index is 12.2. The molecule has 0 saturated carbocycles. The van der Waals surface area contributed by atoms with Crippen molar-refractivity contribution in [2.45, 2.75) is 38.5 Å². The molecule has 0 aromatic heterocycles. The molecule has 2 aromatic rings. The van der Waals surface area contributed by atoms with E-state index in [1.807, 2.05) is 56.3 Å². The quantitative estimate of drug-likeness (QED) is 0.707. The summed E-state index contributed by atoms with van der Waals surface area (Å²) in [7, 11) is 0. The molecular formula is C21H24Cl2N2O2. The van der Waals surface area contributed by atoms with E-state index in [4.69, 9.17) is 27.9 Å². The minimum absolute atomic E-state index is 0.0370. The molecule has 4 nitrogen and oxygen atoms in total. The average Bonchev–Trinajstić information content (AvgIpc) is 2.59. The van der Waals surface area contributed by atoms with E-state index in [1.165, 1.54) is 0 Å². The van der Waals surface area contributed by atoms with E-state index in [1.54, 1.807) is 11.0 Å². The highest BCUT2D eigenvalue weighted by Gasteiger charge is 2.26. The maximum atomic E-state index is 12.2. The monoisotopic (exact) mass is 406 g/mol. The van der Waals surface area contributed by atoms with Gasteiger partial charge in [-0.05, 0) is 38.0 Å². The average molecular weight is 407 g/mol. The van der Waals surface area contributed by atoms with Crippen molar-refractivity contribution in [1.29, 1.82) is 0 Å². The van der Waals surface area contributed by atoms with Gasteiger partial charge in [0.2, 0.25) is 0 Å². The zero-order valence-corrected chi connectivity index (χ0v) is 17.0. The number of carbonyl (C=O) groups excluding carboxylic acids is 1. The molecule has 0 radical (unpaired) electrons. The number of likely N-dealkylation sites (tertiary alicyclic amines) is 1. The Morgan fingerprint density at radius 3 is 2.41 bits per heavy atom. The lowest BCUT2D eigenvalue weighted by Crippen LogP contribution is -2.52. The molecule has 6 heteroatoms. The molecular weight excluding hydrogens is 383 g/mol. The first-order chi connectivity index (χ1) is 13.0. The number of carbonyl (C=O) groups is 1. The van der Waals surface area contributed by atoms with Crippen LogP contribution in [0.3, 0.4) is 0 Å². The lowest BCUT2D eigenvalue weighted by atomic mass is 10.0. The van der Waals surface area contributed by atoms with Crippen molar-refractivity contribution >= 4 is 29.2 Å². The summed E-state index contributed by atoms with van der Waals surface area (Å²) in [6.45, 7) is 5.55. The molecule has 0 bridgehead atoms.